The van der Waals surface area contributed by atoms with E-state index in [0.29, 0.717) is 12.8 Å². The van der Waals surface area contributed by atoms with Gasteiger partial charge in [0.1, 0.15) is 24.4 Å². The molecule has 0 aromatic rings. The van der Waals surface area contributed by atoms with E-state index in [1.807, 2.05) is 0 Å². The lowest BCUT2D eigenvalue weighted by molar-refractivity contribution is -0.302. The monoisotopic (exact) mass is 696 g/mol. The summed E-state index contributed by atoms with van der Waals surface area (Å²) in [5, 5.41) is 54.0. The quantitative estimate of drug-likeness (QED) is 0.0338. The lowest BCUT2D eigenvalue weighted by Crippen LogP contribution is -2.60. The van der Waals surface area contributed by atoms with Crippen molar-refractivity contribution in [1.82, 2.24) is 5.32 Å². The molecule has 1 rings (SSSR count). The molecule has 0 aromatic carbocycles. The lowest BCUT2D eigenvalue weighted by Gasteiger charge is -2.40. The normalized spacial score (nSPS) is 22.8. The van der Waals surface area contributed by atoms with E-state index in [-0.39, 0.29) is 12.5 Å². The average molecular weight is 696 g/mol. The van der Waals surface area contributed by atoms with Gasteiger partial charge in [-0.15, -0.1) is 0 Å². The summed E-state index contributed by atoms with van der Waals surface area (Å²) < 4.78 is 11.2. The third kappa shape index (κ3) is 22.8. The Bertz CT molecular complexity index is 863. The molecule has 1 heterocycles. The fourth-order valence-corrected chi connectivity index (χ4v) is 6.06. The topological polar surface area (TPSA) is 149 Å². The minimum Gasteiger partial charge on any atom is -0.394 e. The maximum absolute atomic E-state index is 12.9. The summed E-state index contributed by atoms with van der Waals surface area (Å²) in [6.07, 6.45) is 28.6. The molecule has 1 saturated heterocycles. The Labute approximate surface area is 298 Å². The van der Waals surface area contributed by atoms with Gasteiger partial charge in [0.2, 0.25) is 5.91 Å². The standard InChI is InChI=1S/C40H73NO8/c1-3-5-7-9-11-13-15-16-17-18-20-22-24-26-28-30-36(44)41-33(32-48-40-39(47)38(46)37(45)35(31-42)49-40)34(43)29-27-25-23-21-19-14-12-10-8-6-4-2/h5,7,11,13,16-17,33-35,37-40,42-43,45-47H,3-4,6,8-10,12,14-15,18-32H2,1-2H3,(H,41,44)/b7-5-,13-11-,17-16-. The summed E-state index contributed by atoms with van der Waals surface area (Å²) in [5.41, 5.74) is 0. The highest BCUT2D eigenvalue weighted by Crippen LogP contribution is 2.23. The summed E-state index contributed by atoms with van der Waals surface area (Å²) in [6, 6.07) is -0.725. The SMILES string of the molecule is CC/C=C\C/C=C\C/C=C\CCCCCCCC(=O)NC(COC1OC(CO)C(O)C(O)C1O)C(O)CCCCCCCCCCCCC. The zero-order chi connectivity index (χ0) is 36.0. The van der Waals surface area contributed by atoms with Crippen LogP contribution in [0.5, 0.6) is 0 Å². The van der Waals surface area contributed by atoms with Crippen molar-refractivity contribution in [2.45, 2.75) is 198 Å². The van der Waals surface area contributed by atoms with E-state index in [0.717, 1.165) is 77.0 Å². The van der Waals surface area contributed by atoms with E-state index < -0.39 is 49.5 Å². The van der Waals surface area contributed by atoms with Gasteiger partial charge in [0.25, 0.3) is 0 Å². The molecule has 6 N–H and O–H groups in total. The van der Waals surface area contributed by atoms with Crippen LogP contribution in [0.4, 0.5) is 0 Å². The van der Waals surface area contributed by atoms with Crippen LogP contribution < -0.4 is 5.32 Å². The number of hydrogen-bond donors (Lipinski definition) is 6. The Hall–Kier alpha value is -1.59. The molecule has 1 aliphatic heterocycles. The molecule has 0 saturated carbocycles. The van der Waals surface area contributed by atoms with E-state index in [9.17, 15) is 30.3 Å². The summed E-state index contributed by atoms with van der Waals surface area (Å²) in [5.74, 6) is -0.165. The van der Waals surface area contributed by atoms with E-state index in [1.165, 1.54) is 51.4 Å². The van der Waals surface area contributed by atoms with Crippen molar-refractivity contribution in [1.29, 1.82) is 0 Å². The van der Waals surface area contributed by atoms with Gasteiger partial charge in [-0.2, -0.15) is 0 Å². The number of aliphatic hydroxyl groups excluding tert-OH is 5. The maximum atomic E-state index is 12.9. The molecule has 286 valence electrons. The number of ether oxygens (including phenoxy) is 2. The van der Waals surface area contributed by atoms with E-state index >= 15 is 0 Å². The highest BCUT2D eigenvalue weighted by atomic mass is 16.7. The number of unbranched alkanes of at least 4 members (excludes halogenated alkanes) is 15. The van der Waals surface area contributed by atoms with Gasteiger partial charge in [0, 0.05) is 6.42 Å². The summed E-state index contributed by atoms with van der Waals surface area (Å²) >= 11 is 0. The second-order valence-corrected chi connectivity index (χ2v) is 13.7. The van der Waals surface area contributed by atoms with Gasteiger partial charge < -0.3 is 40.3 Å². The predicted molar refractivity (Wildman–Crippen MR) is 198 cm³/mol. The molecule has 1 aliphatic rings. The van der Waals surface area contributed by atoms with Gasteiger partial charge in [-0.05, 0) is 44.9 Å². The molecule has 0 spiro atoms. The van der Waals surface area contributed by atoms with Crippen molar-refractivity contribution in [3.63, 3.8) is 0 Å². The fourth-order valence-electron chi connectivity index (χ4n) is 6.06. The summed E-state index contributed by atoms with van der Waals surface area (Å²) in [4.78, 5) is 12.9. The van der Waals surface area contributed by atoms with Gasteiger partial charge in [0.15, 0.2) is 6.29 Å². The number of rotatable bonds is 31. The van der Waals surface area contributed by atoms with Crippen molar-refractivity contribution in [3.8, 4) is 0 Å². The van der Waals surface area contributed by atoms with Gasteiger partial charge in [-0.3, -0.25) is 4.79 Å². The molecular formula is C40H73NO8. The second-order valence-electron chi connectivity index (χ2n) is 13.7. The van der Waals surface area contributed by atoms with Crippen molar-refractivity contribution in [2.24, 2.45) is 0 Å². The first-order chi connectivity index (χ1) is 23.8. The molecule has 9 heteroatoms. The lowest BCUT2D eigenvalue weighted by atomic mass is 9.99. The van der Waals surface area contributed by atoms with Crippen LogP contribution in [0, 0.1) is 0 Å². The van der Waals surface area contributed by atoms with Crippen LogP contribution in [-0.2, 0) is 14.3 Å². The Morgan fingerprint density at radius 3 is 1.88 bits per heavy atom. The van der Waals surface area contributed by atoms with Crippen LogP contribution in [-0.4, -0.2) is 87.5 Å². The number of nitrogens with one attached hydrogen (secondary N) is 1. The van der Waals surface area contributed by atoms with E-state index in [4.69, 9.17) is 9.47 Å². The molecule has 7 unspecified atom stereocenters. The van der Waals surface area contributed by atoms with E-state index in [2.05, 4.69) is 55.6 Å². The van der Waals surface area contributed by atoms with Gasteiger partial charge >= 0.3 is 0 Å². The third-order valence-corrected chi connectivity index (χ3v) is 9.26. The third-order valence-electron chi connectivity index (χ3n) is 9.26. The number of carbonyl (C=O) groups excluding carboxylic acids is 1. The number of allylic oxidation sites excluding steroid dienone is 6. The molecule has 0 radical (unpaired) electrons. The molecular weight excluding hydrogens is 622 g/mol. The highest BCUT2D eigenvalue weighted by Gasteiger charge is 2.44. The number of aliphatic hydroxyl groups is 5. The van der Waals surface area contributed by atoms with Gasteiger partial charge in [0.05, 0.1) is 25.4 Å². The zero-order valence-corrected chi connectivity index (χ0v) is 30.9. The fraction of sp³-hybridized carbons (Fsp3) is 0.825. The summed E-state index contributed by atoms with van der Waals surface area (Å²) in [6.45, 7) is 3.67. The Kier molecular flexibility index (Phi) is 28.9. The average Bonchev–Trinajstić information content (AvgIpc) is 3.10. The largest absolute Gasteiger partial charge is 0.394 e. The number of carbonyl (C=O) groups is 1. The Morgan fingerprint density at radius 1 is 0.714 bits per heavy atom. The van der Waals surface area contributed by atoms with Crippen molar-refractivity contribution in [2.75, 3.05) is 13.2 Å². The molecule has 0 aromatic heterocycles. The van der Waals surface area contributed by atoms with Crippen LogP contribution in [0.25, 0.3) is 0 Å². The smallest absolute Gasteiger partial charge is 0.220 e. The second kappa shape index (κ2) is 31.2. The number of amides is 1. The first kappa shape index (κ1) is 45.4. The first-order valence-corrected chi connectivity index (χ1v) is 19.7. The van der Waals surface area contributed by atoms with Gasteiger partial charge in [-0.1, -0.05) is 140 Å². The van der Waals surface area contributed by atoms with Crippen molar-refractivity contribution >= 4 is 5.91 Å². The molecule has 0 aliphatic carbocycles. The molecule has 7 atom stereocenters. The first-order valence-electron chi connectivity index (χ1n) is 19.7. The molecule has 0 bridgehead atoms. The minimum atomic E-state index is -1.55. The molecule has 9 nitrogen and oxygen atoms in total. The summed E-state index contributed by atoms with van der Waals surface area (Å²) in [7, 11) is 0. The van der Waals surface area contributed by atoms with E-state index in [1.54, 1.807) is 0 Å². The van der Waals surface area contributed by atoms with Crippen molar-refractivity contribution < 1.29 is 39.8 Å². The van der Waals surface area contributed by atoms with Crippen LogP contribution in [0.3, 0.4) is 0 Å². The molecule has 1 amide bonds. The zero-order valence-electron chi connectivity index (χ0n) is 30.9. The Morgan fingerprint density at radius 2 is 1.27 bits per heavy atom. The molecule has 49 heavy (non-hydrogen) atoms. The van der Waals surface area contributed by atoms with Crippen LogP contribution in [0.2, 0.25) is 0 Å². The predicted octanol–water partition coefficient (Wildman–Crippen LogP) is 6.94. The number of hydrogen-bond acceptors (Lipinski definition) is 8. The maximum Gasteiger partial charge on any atom is 0.220 e. The highest BCUT2D eigenvalue weighted by molar-refractivity contribution is 5.76. The Balaban J connectivity index is 2.42. The van der Waals surface area contributed by atoms with Crippen LogP contribution in [0.1, 0.15) is 155 Å². The van der Waals surface area contributed by atoms with Crippen molar-refractivity contribution in [3.05, 3.63) is 36.5 Å². The van der Waals surface area contributed by atoms with Crippen LogP contribution >= 0.6 is 0 Å². The van der Waals surface area contributed by atoms with Crippen LogP contribution in [0.15, 0.2) is 36.5 Å². The van der Waals surface area contributed by atoms with Gasteiger partial charge in [-0.25, -0.2) is 0 Å². The minimum absolute atomic E-state index is 0.146. The molecule has 1 fully saturated rings.